The first-order valence-corrected chi connectivity index (χ1v) is 4.51. The summed E-state index contributed by atoms with van der Waals surface area (Å²) in [6.07, 6.45) is 8.02. The number of alkyl halides is 1. The molecule has 0 radical (unpaired) electrons. The van der Waals surface area contributed by atoms with Crippen LogP contribution >= 0.6 is 11.6 Å². The average Bonchev–Trinajstić information content (AvgIpc) is 1.89. The van der Waals surface area contributed by atoms with Gasteiger partial charge in [-0.3, -0.25) is 0 Å². The van der Waals surface area contributed by atoms with Crippen LogP contribution in [0.4, 0.5) is 0 Å². The third-order valence-corrected chi connectivity index (χ3v) is 1.75. The molecule has 0 amide bonds. The Labute approximate surface area is 81.9 Å². The Balaban J connectivity index is 0. The summed E-state index contributed by atoms with van der Waals surface area (Å²) in [5.41, 5.74) is 0. The number of halogens is 1. The van der Waals surface area contributed by atoms with E-state index in [-0.39, 0.29) is 18.9 Å². The molecule has 0 aromatic heterocycles. The second kappa shape index (κ2) is 12.6. The Morgan fingerprint density at radius 1 is 0.900 bits per heavy atom. The molecule has 0 saturated carbocycles. The maximum atomic E-state index is 5.51. The van der Waals surface area contributed by atoms with Gasteiger partial charge in [-0.15, -0.1) is 11.6 Å². The fourth-order valence-corrected chi connectivity index (χ4v) is 1.06. The molecule has 0 aliphatic carbocycles. The third kappa shape index (κ3) is 11.7. The van der Waals surface area contributed by atoms with Crippen LogP contribution in [-0.4, -0.2) is 24.7 Å². The zero-order valence-corrected chi connectivity index (χ0v) is 7.08. The zero-order valence-electron chi connectivity index (χ0n) is 6.33. The first-order valence-electron chi connectivity index (χ1n) is 3.97. The Morgan fingerprint density at radius 3 is 1.90 bits per heavy atom. The van der Waals surface area contributed by atoms with Crippen LogP contribution < -0.4 is 0 Å². The van der Waals surface area contributed by atoms with E-state index in [1.165, 1.54) is 38.5 Å². The maximum absolute atomic E-state index is 5.51. The van der Waals surface area contributed by atoms with Gasteiger partial charge in [0.05, 0.1) is 0 Å². The van der Waals surface area contributed by atoms with Crippen LogP contribution in [0.15, 0.2) is 0 Å². The summed E-state index contributed by atoms with van der Waals surface area (Å²) >= 11 is 5.51. The molecular weight excluding hydrogens is 138 g/mol. The topological polar surface area (TPSA) is 0 Å². The minimum atomic E-state index is 0. The van der Waals surface area contributed by atoms with Gasteiger partial charge in [0.25, 0.3) is 0 Å². The molecule has 0 fully saturated rings. The van der Waals surface area contributed by atoms with Crippen molar-refractivity contribution in [3.63, 3.8) is 0 Å². The van der Waals surface area contributed by atoms with Crippen LogP contribution in [-0.2, 0) is 0 Å². The molecule has 0 unspecified atom stereocenters. The Hall–Kier alpha value is 0.887. The molecule has 0 spiro atoms. The molecule has 0 heterocycles. The Kier molecular flexibility index (Phi) is 16.9. The van der Waals surface area contributed by atoms with Crippen molar-refractivity contribution >= 4 is 30.5 Å². The van der Waals surface area contributed by atoms with Crippen LogP contribution in [0.1, 0.15) is 45.4 Å². The van der Waals surface area contributed by atoms with Gasteiger partial charge in [0.15, 0.2) is 0 Å². The second-order valence-electron chi connectivity index (χ2n) is 2.46. The van der Waals surface area contributed by atoms with E-state index >= 15 is 0 Å². The average molecular weight is 157 g/mol. The molecular formula is C8H18ClLi. The van der Waals surface area contributed by atoms with E-state index in [2.05, 4.69) is 6.92 Å². The van der Waals surface area contributed by atoms with Crippen LogP contribution in [0, 0.1) is 0 Å². The number of hydrogen-bond donors (Lipinski definition) is 0. The van der Waals surface area contributed by atoms with Crippen molar-refractivity contribution in [3.8, 4) is 0 Å². The molecule has 0 nitrogen and oxygen atoms in total. The molecule has 0 aliphatic heterocycles. The quantitative estimate of drug-likeness (QED) is 0.315. The molecule has 0 bridgehead atoms. The number of unbranched alkanes of at least 4 members (excludes halogenated alkanes) is 5. The molecule has 58 valence electrons. The molecule has 2 heteroatoms. The molecule has 0 saturated heterocycles. The summed E-state index contributed by atoms with van der Waals surface area (Å²) in [5, 5.41) is 0. The summed E-state index contributed by atoms with van der Waals surface area (Å²) in [5.74, 6) is 0.839. The Morgan fingerprint density at radius 2 is 1.40 bits per heavy atom. The third-order valence-electron chi connectivity index (χ3n) is 1.49. The predicted molar refractivity (Wildman–Crippen MR) is 51.2 cm³/mol. The first-order chi connectivity index (χ1) is 4.41. The SMILES string of the molecule is CCCCCCCCCl.[LiH]. The molecule has 10 heavy (non-hydrogen) atoms. The van der Waals surface area contributed by atoms with E-state index < -0.39 is 0 Å². The van der Waals surface area contributed by atoms with Gasteiger partial charge in [-0.1, -0.05) is 39.0 Å². The normalized spacial score (nSPS) is 9.00. The van der Waals surface area contributed by atoms with E-state index in [0.717, 1.165) is 5.88 Å². The first kappa shape index (κ1) is 13.5. The van der Waals surface area contributed by atoms with Crippen molar-refractivity contribution in [1.82, 2.24) is 0 Å². The molecule has 0 N–H and O–H groups in total. The summed E-state index contributed by atoms with van der Waals surface area (Å²) in [4.78, 5) is 0. The molecule has 0 rings (SSSR count). The van der Waals surface area contributed by atoms with Crippen LogP contribution in [0.3, 0.4) is 0 Å². The van der Waals surface area contributed by atoms with Crippen molar-refractivity contribution in [3.05, 3.63) is 0 Å². The van der Waals surface area contributed by atoms with Gasteiger partial charge in [0.2, 0.25) is 0 Å². The van der Waals surface area contributed by atoms with Crippen molar-refractivity contribution in [1.29, 1.82) is 0 Å². The van der Waals surface area contributed by atoms with E-state index in [1.807, 2.05) is 0 Å². The molecule has 0 aliphatic rings. The second-order valence-corrected chi connectivity index (χ2v) is 2.83. The van der Waals surface area contributed by atoms with Gasteiger partial charge in [-0.05, 0) is 6.42 Å². The fourth-order valence-electron chi connectivity index (χ4n) is 0.875. The van der Waals surface area contributed by atoms with Crippen molar-refractivity contribution < 1.29 is 0 Å². The van der Waals surface area contributed by atoms with E-state index in [0.29, 0.717) is 0 Å². The van der Waals surface area contributed by atoms with Crippen LogP contribution in [0.25, 0.3) is 0 Å². The van der Waals surface area contributed by atoms with E-state index in [1.54, 1.807) is 0 Å². The summed E-state index contributed by atoms with van der Waals surface area (Å²) in [6.45, 7) is 2.24. The summed E-state index contributed by atoms with van der Waals surface area (Å²) < 4.78 is 0. The predicted octanol–water partition coefficient (Wildman–Crippen LogP) is 2.94. The van der Waals surface area contributed by atoms with Gasteiger partial charge in [-0.2, -0.15) is 0 Å². The van der Waals surface area contributed by atoms with E-state index in [9.17, 15) is 0 Å². The fraction of sp³-hybridized carbons (Fsp3) is 1.00. The van der Waals surface area contributed by atoms with Crippen LogP contribution in [0.5, 0.6) is 0 Å². The van der Waals surface area contributed by atoms with Crippen molar-refractivity contribution in [2.75, 3.05) is 5.88 Å². The zero-order chi connectivity index (χ0) is 6.95. The van der Waals surface area contributed by atoms with Gasteiger partial charge in [-0.25, -0.2) is 0 Å². The van der Waals surface area contributed by atoms with Crippen molar-refractivity contribution in [2.24, 2.45) is 0 Å². The van der Waals surface area contributed by atoms with Gasteiger partial charge >= 0.3 is 18.9 Å². The summed E-state index contributed by atoms with van der Waals surface area (Å²) in [6, 6.07) is 0. The van der Waals surface area contributed by atoms with Crippen LogP contribution in [0.2, 0.25) is 0 Å². The van der Waals surface area contributed by atoms with Gasteiger partial charge in [0.1, 0.15) is 0 Å². The van der Waals surface area contributed by atoms with Gasteiger partial charge < -0.3 is 0 Å². The van der Waals surface area contributed by atoms with Crippen molar-refractivity contribution in [2.45, 2.75) is 45.4 Å². The molecule has 0 atom stereocenters. The minimum absolute atomic E-state index is 0. The van der Waals surface area contributed by atoms with E-state index in [4.69, 9.17) is 11.6 Å². The molecule has 0 aromatic rings. The number of hydrogen-bond acceptors (Lipinski definition) is 0. The summed E-state index contributed by atoms with van der Waals surface area (Å²) in [7, 11) is 0. The standard InChI is InChI=1S/C8H17Cl.Li.H/c1-2-3-4-5-6-7-8-9;;/h2-8H2,1H3;;. The van der Waals surface area contributed by atoms with Gasteiger partial charge in [0, 0.05) is 5.88 Å². The Bertz CT molecular complexity index is 42.5. The monoisotopic (exact) mass is 156 g/mol. The molecule has 0 aromatic carbocycles. The number of rotatable bonds is 6.